The molecule has 32 heavy (non-hydrogen) atoms. The van der Waals surface area contributed by atoms with Gasteiger partial charge in [0.2, 0.25) is 0 Å². The number of benzene rings is 2. The molecule has 4 rings (SSSR count). The maximum absolute atomic E-state index is 13.3. The quantitative estimate of drug-likeness (QED) is 0.431. The number of rotatable bonds is 4. The number of amides is 1. The van der Waals surface area contributed by atoms with Gasteiger partial charge in [-0.05, 0) is 76.6 Å². The molecule has 0 spiro atoms. The van der Waals surface area contributed by atoms with E-state index >= 15 is 0 Å². The number of carbonyl (C=O) groups excluding carboxylic acids is 1. The fourth-order valence-electron chi connectivity index (χ4n) is 5.25. The Morgan fingerprint density at radius 3 is 1.91 bits per heavy atom. The molecule has 1 N–H and O–H groups in total. The van der Waals surface area contributed by atoms with Crippen molar-refractivity contribution >= 4 is 23.2 Å². The SMILES string of the molecule is CC[N+]1(C2(C(=O)Nc3c(C)cc(Cl)cc3C)CC2)CCCCCC1.Cc1ccccc1.[Y]. The van der Waals surface area contributed by atoms with Crippen molar-refractivity contribution in [3.63, 3.8) is 0 Å². The second-order valence-electron chi connectivity index (χ2n) is 9.38. The third-order valence-corrected chi connectivity index (χ3v) is 7.48. The van der Waals surface area contributed by atoms with Gasteiger partial charge in [-0.25, -0.2) is 0 Å². The second-order valence-corrected chi connectivity index (χ2v) is 9.81. The molecule has 1 amide bonds. The average Bonchev–Trinajstić information content (AvgIpc) is 3.56. The molecule has 2 fully saturated rings. The predicted octanol–water partition coefficient (Wildman–Crippen LogP) is 6.83. The van der Waals surface area contributed by atoms with Crippen molar-refractivity contribution in [3.05, 3.63) is 64.2 Å². The number of hydrogen-bond donors (Lipinski definition) is 1. The smallest absolute Gasteiger partial charge is 0.285 e. The molecule has 3 nitrogen and oxygen atoms in total. The molecular weight excluding hydrogens is 493 g/mol. The Labute approximate surface area is 224 Å². The van der Waals surface area contributed by atoms with Crippen molar-refractivity contribution in [1.29, 1.82) is 0 Å². The zero-order valence-electron chi connectivity index (χ0n) is 20.2. The van der Waals surface area contributed by atoms with Crippen LogP contribution in [-0.2, 0) is 37.5 Å². The van der Waals surface area contributed by atoms with E-state index in [9.17, 15) is 4.79 Å². The molecule has 2 aromatic carbocycles. The minimum absolute atomic E-state index is 0. The molecular formula is C27H38ClN2OY+. The molecule has 0 bridgehead atoms. The van der Waals surface area contributed by atoms with Gasteiger partial charge in [0.25, 0.3) is 5.91 Å². The van der Waals surface area contributed by atoms with Gasteiger partial charge in [-0.1, -0.05) is 47.5 Å². The van der Waals surface area contributed by atoms with E-state index in [1.54, 1.807) is 0 Å². The van der Waals surface area contributed by atoms with Gasteiger partial charge in [0.1, 0.15) is 0 Å². The van der Waals surface area contributed by atoms with Gasteiger partial charge in [-0.15, -0.1) is 0 Å². The van der Waals surface area contributed by atoms with Crippen molar-refractivity contribution in [2.45, 2.75) is 71.8 Å². The van der Waals surface area contributed by atoms with Crippen LogP contribution in [0.4, 0.5) is 5.69 Å². The van der Waals surface area contributed by atoms with Crippen LogP contribution in [0.3, 0.4) is 0 Å². The Morgan fingerprint density at radius 1 is 0.969 bits per heavy atom. The maximum Gasteiger partial charge on any atom is 0.285 e. The maximum atomic E-state index is 13.3. The summed E-state index contributed by atoms with van der Waals surface area (Å²) in [5, 5.41) is 4.00. The summed E-state index contributed by atoms with van der Waals surface area (Å²) in [5.41, 5.74) is 4.16. The Hall–Kier alpha value is -0.736. The Morgan fingerprint density at radius 2 is 1.50 bits per heavy atom. The molecule has 1 radical (unpaired) electrons. The van der Waals surface area contributed by atoms with Crippen molar-refractivity contribution in [3.8, 4) is 0 Å². The molecule has 1 saturated heterocycles. The average molecular weight is 531 g/mol. The molecule has 2 aliphatic rings. The molecule has 1 saturated carbocycles. The summed E-state index contributed by atoms with van der Waals surface area (Å²) in [7, 11) is 0. The van der Waals surface area contributed by atoms with Crippen LogP contribution in [0.5, 0.6) is 0 Å². The molecule has 0 aromatic heterocycles. The second kappa shape index (κ2) is 12.1. The Balaban J connectivity index is 0.000000388. The van der Waals surface area contributed by atoms with Crippen LogP contribution in [0.25, 0.3) is 0 Å². The first kappa shape index (κ1) is 27.5. The fraction of sp³-hybridized carbons (Fsp3) is 0.519. The van der Waals surface area contributed by atoms with E-state index in [0.29, 0.717) is 0 Å². The number of hydrogen-bond acceptors (Lipinski definition) is 1. The first-order chi connectivity index (χ1) is 14.8. The predicted molar refractivity (Wildman–Crippen MR) is 132 cm³/mol. The molecule has 5 heteroatoms. The number of halogens is 1. The number of aryl methyl sites for hydroxylation is 3. The van der Waals surface area contributed by atoms with Crippen LogP contribution < -0.4 is 5.32 Å². The van der Waals surface area contributed by atoms with Crippen LogP contribution >= 0.6 is 11.6 Å². The minimum Gasteiger partial charge on any atom is -0.320 e. The van der Waals surface area contributed by atoms with E-state index in [1.165, 1.54) is 31.2 Å². The van der Waals surface area contributed by atoms with Crippen molar-refractivity contribution in [1.82, 2.24) is 0 Å². The van der Waals surface area contributed by atoms with Gasteiger partial charge in [-0.2, -0.15) is 0 Å². The Bertz CT molecular complexity index is 865. The van der Waals surface area contributed by atoms with Gasteiger partial charge >= 0.3 is 0 Å². The van der Waals surface area contributed by atoms with Crippen LogP contribution in [-0.4, -0.2) is 35.6 Å². The van der Waals surface area contributed by atoms with E-state index in [1.807, 2.05) is 44.2 Å². The van der Waals surface area contributed by atoms with Gasteiger partial charge < -0.3 is 9.80 Å². The summed E-state index contributed by atoms with van der Waals surface area (Å²) in [6.45, 7) is 11.8. The van der Waals surface area contributed by atoms with Crippen LogP contribution in [0.2, 0.25) is 5.02 Å². The number of likely N-dealkylation sites (N-methyl/N-ethyl adjacent to an activating group) is 1. The number of likely N-dealkylation sites (tertiary alicyclic amines) is 1. The molecule has 1 aliphatic heterocycles. The van der Waals surface area contributed by atoms with E-state index < -0.39 is 0 Å². The monoisotopic (exact) mass is 530 g/mol. The standard InChI is InChI=1S/C20H29ClN2O.C7H8.Y/c1-4-23(11-7-5-6-8-12-23)20(9-10-20)19(24)22-18-15(2)13-17(21)14-16(18)3;1-7-5-3-2-4-6-7;/h13-14H,4-12H2,1-3H3;2-6H,1H3;/p+1. The van der Waals surface area contributed by atoms with Gasteiger partial charge in [0.05, 0.1) is 19.6 Å². The van der Waals surface area contributed by atoms with Gasteiger partial charge in [-0.3, -0.25) is 4.79 Å². The Kier molecular flexibility index (Phi) is 10.4. The zero-order valence-corrected chi connectivity index (χ0v) is 23.8. The van der Waals surface area contributed by atoms with E-state index in [-0.39, 0.29) is 44.2 Å². The molecule has 2 aromatic rings. The van der Waals surface area contributed by atoms with Crippen molar-refractivity contribution in [2.24, 2.45) is 0 Å². The third-order valence-electron chi connectivity index (χ3n) is 7.26. The van der Waals surface area contributed by atoms with Crippen molar-refractivity contribution in [2.75, 3.05) is 25.0 Å². The zero-order chi connectivity index (χ0) is 22.5. The summed E-state index contributed by atoms with van der Waals surface area (Å²) < 4.78 is 0.991. The van der Waals surface area contributed by atoms with Crippen LogP contribution in [0, 0.1) is 20.8 Å². The normalized spacial score (nSPS) is 18.3. The topological polar surface area (TPSA) is 29.1 Å². The minimum atomic E-state index is -0.197. The summed E-state index contributed by atoms with van der Waals surface area (Å²) in [6, 6.07) is 14.1. The third kappa shape index (κ3) is 6.23. The summed E-state index contributed by atoms with van der Waals surface area (Å²) >= 11 is 6.13. The number of nitrogens with one attached hydrogen (secondary N) is 1. The number of nitrogens with zero attached hydrogens (tertiary/aromatic N) is 1. The summed E-state index contributed by atoms with van der Waals surface area (Å²) in [4.78, 5) is 13.3. The number of anilines is 1. The van der Waals surface area contributed by atoms with Crippen LogP contribution in [0.15, 0.2) is 42.5 Å². The molecule has 1 heterocycles. The van der Waals surface area contributed by atoms with E-state index in [4.69, 9.17) is 11.6 Å². The fourth-order valence-corrected chi connectivity index (χ4v) is 5.58. The van der Waals surface area contributed by atoms with E-state index in [0.717, 1.165) is 58.8 Å². The first-order valence-electron chi connectivity index (χ1n) is 11.8. The molecule has 1 aliphatic carbocycles. The first-order valence-corrected chi connectivity index (χ1v) is 12.2. The molecule has 0 atom stereocenters. The van der Waals surface area contributed by atoms with Crippen LogP contribution in [0.1, 0.15) is 62.1 Å². The van der Waals surface area contributed by atoms with Crippen molar-refractivity contribution < 1.29 is 42.0 Å². The summed E-state index contributed by atoms with van der Waals surface area (Å²) in [6.07, 6.45) is 7.18. The molecule has 171 valence electrons. The van der Waals surface area contributed by atoms with E-state index in [2.05, 4.69) is 31.3 Å². The number of quaternary nitrogens is 1. The largest absolute Gasteiger partial charge is 0.320 e. The van der Waals surface area contributed by atoms with Gasteiger partial charge in [0.15, 0.2) is 5.54 Å². The van der Waals surface area contributed by atoms with Gasteiger partial charge in [0, 0.05) is 56.3 Å². The number of carbonyl (C=O) groups is 1. The summed E-state index contributed by atoms with van der Waals surface area (Å²) in [5.74, 6) is 0.222. The molecule has 0 unspecified atom stereocenters.